The normalized spacial score (nSPS) is 22.4. The van der Waals surface area contributed by atoms with Gasteiger partial charge < -0.3 is 47.4 Å². The molecule has 4 rings (SSSR count). The van der Waals surface area contributed by atoms with Gasteiger partial charge in [0.1, 0.15) is 5.70 Å². The molecule has 35 heavy (non-hydrogen) atoms. The van der Waals surface area contributed by atoms with E-state index in [0.717, 1.165) is 51.3 Å². The zero-order valence-electron chi connectivity index (χ0n) is 20.2. The van der Waals surface area contributed by atoms with Gasteiger partial charge in [0, 0.05) is 70.8 Å². The van der Waals surface area contributed by atoms with Crippen LogP contribution in [0.3, 0.4) is 0 Å². The Balaban J connectivity index is 1.48. The molecular formula is C23H36N10O2. The summed E-state index contributed by atoms with van der Waals surface area (Å²) in [5, 5.41) is 6.44. The van der Waals surface area contributed by atoms with Crippen LogP contribution in [-0.4, -0.2) is 98.0 Å². The summed E-state index contributed by atoms with van der Waals surface area (Å²) >= 11 is 0. The fraction of sp³-hybridized carbons (Fsp3) is 0.522. The molecule has 1 aromatic carbocycles. The highest BCUT2D eigenvalue weighted by Crippen LogP contribution is 2.22. The Morgan fingerprint density at radius 2 is 1.77 bits per heavy atom. The summed E-state index contributed by atoms with van der Waals surface area (Å²) in [6, 6.07) is 7.93. The van der Waals surface area contributed by atoms with E-state index < -0.39 is 5.91 Å². The van der Waals surface area contributed by atoms with E-state index in [0.29, 0.717) is 25.3 Å². The number of rotatable bonds is 6. The molecule has 1 aromatic rings. The Bertz CT molecular complexity index is 987. The van der Waals surface area contributed by atoms with Crippen molar-refractivity contribution in [2.45, 2.75) is 18.9 Å². The lowest BCUT2D eigenvalue weighted by Gasteiger charge is -2.37. The van der Waals surface area contributed by atoms with Crippen molar-refractivity contribution in [3.05, 3.63) is 35.8 Å². The van der Waals surface area contributed by atoms with Crippen LogP contribution in [0.15, 0.2) is 40.8 Å². The second-order valence-corrected chi connectivity index (χ2v) is 9.15. The molecule has 0 aliphatic carbocycles. The third kappa shape index (κ3) is 5.70. The van der Waals surface area contributed by atoms with E-state index in [9.17, 15) is 9.59 Å². The van der Waals surface area contributed by atoms with Gasteiger partial charge in [-0.25, -0.2) is 4.79 Å². The molecule has 0 radical (unpaired) electrons. The molecular weight excluding hydrogens is 448 g/mol. The summed E-state index contributed by atoms with van der Waals surface area (Å²) in [7, 11) is 1.81. The SMILES string of the molecule is CN1CCN(C2CCCN(/C(N)=N/C(Nc3ccc(N4CCNCC4)cc3)=C(\N)C(N)=O)C2)C1=O. The number of guanidine groups is 1. The second-order valence-electron chi connectivity index (χ2n) is 9.15. The van der Waals surface area contributed by atoms with Gasteiger partial charge in [0.05, 0.1) is 6.04 Å². The van der Waals surface area contributed by atoms with Gasteiger partial charge in [-0.3, -0.25) is 4.79 Å². The van der Waals surface area contributed by atoms with Gasteiger partial charge in [-0.15, -0.1) is 0 Å². The van der Waals surface area contributed by atoms with E-state index in [1.165, 1.54) is 0 Å². The number of carbonyl (C=O) groups is 2. The number of benzene rings is 1. The van der Waals surface area contributed by atoms with Gasteiger partial charge in [0.15, 0.2) is 11.8 Å². The van der Waals surface area contributed by atoms with Crippen LogP contribution in [0.25, 0.3) is 0 Å². The zero-order chi connectivity index (χ0) is 24.9. The van der Waals surface area contributed by atoms with Crippen molar-refractivity contribution < 1.29 is 9.59 Å². The van der Waals surface area contributed by atoms with E-state index in [2.05, 4.69) is 20.5 Å². The number of aliphatic imine (C=N–C) groups is 1. The highest BCUT2D eigenvalue weighted by Gasteiger charge is 2.34. The first-order valence-electron chi connectivity index (χ1n) is 12.1. The van der Waals surface area contributed by atoms with Crippen LogP contribution in [0.4, 0.5) is 16.2 Å². The molecule has 0 saturated carbocycles. The standard InChI is InChI=1S/C23H36N10O2/c1-30-13-14-33(23(30)35)18-3-2-10-32(15-18)22(26)29-21(19(24)20(25)34)28-16-4-6-17(7-5-16)31-11-8-27-9-12-31/h4-7,18,27-28H,2-3,8-15,24H2,1H3,(H2,25,34)(H2,26,29)/b21-19-. The van der Waals surface area contributed by atoms with Crippen molar-refractivity contribution in [1.82, 2.24) is 20.0 Å². The minimum atomic E-state index is -0.788. The molecule has 12 nitrogen and oxygen atoms in total. The molecule has 3 amide bonds. The number of nitrogens with zero attached hydrogens (tertiary/aromatic N) is 5. The fourth-order valence-electron chi connectivity index (χ4n) is 4.70. The Morgan fingerprint density at radius 3 is 2.40 bits per heavy atom. The quantitative estimate of drug-likeness (QED) is 0.201. The number of nitrogens with one attached hydrogen (secondary N) is 2. The number of hydrogen-bond acceptors (Lipinski definition) is 7. The predicted molar refractivity (Wildman–Crippen MR) is 137 cm³/mol. The van der Waals surface area contributed by atoms with Crippen LogP contribution in [0.5, 0.6) is 0 Å². The number of piperidine rings is 1. The molecule has 3 fully saturated rings. The number of hydrogen-bond donors (Lipinski definition) is 5. The maximum Gasteiger partial charge on any atom is 0.320 e. The summed E-state index contributed by atoms with van der Waals surface area (Å²) < 4.78 is 0. The Morgan fingerprint density at radius 1 is 1.06 bits per heavy atom. The fourth-order valence-corrected chi connectivity index (χ4v) is 4.70. The van der Waals surface area contributed by atoms with Crippen LogP contribution in [0, 0.1) is 0 Å². The number of urea groups is 1. The molecule has 1 unspecified atom stereocenters. The number of likely N-dealkylation sites (tertiary alicyclic amines) is 1. The second kappa shape index (κ2) is 10.7. The minimum Gasteiger partial charge on any atom is -0.391 e. The molecule has 0 bridgehead atoms. The highest BCUT2D eigenvalue weighted by molar-refractivity contribution is 5.93. The molecule has 3 heterocycles. The van der Waals surface area contributed by atoms with E-state index in [1.54, 1.807) is 4.90 Å². The van der Waals surface area contributed by atoms with Crippen LogP contribution in [-0.2, 0) is 4.79 Å². The predicted octanol–water partition coefficient (Wildman–Crippen LogP) is -0.732. The number of nitrogens with two attached hydrogens (primary N) is 3. The van der Waals surface area contributed by atoms with Crippen molar-refractivity contribution in [2.24, 2.45) is 22.2 Å². The topological polar surface area (TPSA) is 162 Å². The molecule has 0 spiro atoms. The number of likely N-dealkylation sites (N-methyl/N-ethyl adjacent to an activating group) is 1. The average molecular weight is 485 g/mol. The summed E-state index contributed by atoms with van der Waals surface area (Å²) in [4.78, 5) is 36.6. The molecule has 12 heteroatoms. The van der Waals surface area contributed by atoms with Crippen molar-refractivity contribution in [3.63, 3.8) is 0 Å². The average Bonchev–Trinajstić information content (AvgIpc) is 3.22. The molecule has 190 valence electrons. The number of carbonyl (C=O) groups excluding carboxylic acids is 2. The number of anilines is 2. The third-order valence-electron chi connectivity index (χ3n) is 6.77. The van der Waals surface area contributed by atoms with Gasteiger partial charge in [-0.1, -0.05) is 0 Å². The highest BCUT2D eigenvalue weighted by atomic mass is 16.2. The number of amides is 3. The van der Waals surface area contributed by atoms with Crippen molar-refractivity contribution in [1.29, 1.82) is 0 Å². The molecule has 3 aliphatic rings. The maximum atomic E-state index is 12.4. The molecule has 0 aromatic heterocycles. The lowest BCUT2D eigenvalue weighted by Crippen LogP contribution is -2.52. The van der Waals surface area contributed by atoms with E-state index in [4.69, 9.17) is 17.2 Å². The van der Waals surface area contributed by atoms with Crippen molar-refractivity contribution in [2.75, 3.05) is 69.6 Å². The largest absolute Gasteiger partial charge is 0.391 e. The van der Waals surface area contributed by atoms with Gasteiger partial charge in [0.2, 0.25) is 0 Å². The number of primary amides is 1. The first-order valence-corrected chi connectivity index (χ1v) is 12.1. The maximum absolute atomic E-state index is 12.4. The van der Waals surface area contributed by atoms with E-state index >= 15 is 0 Å². The first kappa shape index (κ1) is 24.5. The molecule has 1 atom stereocenters. The Labute approximate surface area is 205 Å². The monoisotopic (exact) mass is 484 g/mol. The van der Waals surface area contributed by atoms with Crippen molar-refractivity contribution >= 4 is 29.3 Å². The zero-order valence-corrected chi connectivity index (χ0v) is 20.2. The summed E-state index contributed by atoms with van der Waals surface area (Å²) in [5.74, 6) is -0.466. The van der Waals surface area contributed by atoms with Crippen LogP contribution in [0.1, 0.15) is 12.8 Å². The summed E-state index contributed by atoms with van der Waals surface area (Å²) in [5.41, 5.74) is 19.4. The summed E-state index contributed by atoms with van der Waals surface area (Å²) in [6.07, 6.45) is 1.78. The van der Waals surface area contributed by atoms with Gasteiger partial charge in [-0.2, -0.15) is 4.99 Å². The van der Waals surface area contributed by atoms with Gasteiger partial charge in [-0.05, 0) is 37.1 Å². The minimum absolute atomic E-state index is 0.0387. The lowest BCUT2D eigenvalue weighted by molar-refractivity contribution is -0.114. The smallest absolute Gasteiger partial charge is 0.320 e. The van der Waals surface area contributed by atoms with Gasteiger partial charge >= 0.3 is 6.03 Å². The van der Waals surface area contributed by atoms with Crippen molar-refractivity contribution in [3.8, 4) is 0 Å². The molecule has 3 aliphatic heterocycles. The number of piperazine rings is 1. The van der Waals surface area contributed by atoms with Gasteiger partial charge in [0.25, 0.3) is 5.91 Å². The molecule has 3 saturated heterocycles. The van der Waals surface area contributed by atoms with E-state index in [1.807, 2.05) is 41.1 Å². The summed E-state index contributed by atoms with van der Waals surface area (Å²) in [6.45, 7) is 6.50. The molecule has 8 N–H and O–H groups in total. The van der Waals surface area contributed by atoms with Crippen LogP contribution in [0.2, 0.25) is 0 Å². The Hall–Kier alpha value is -3.67. The van der Waals surface area contributed by atoms with Crippen LogP contribution >= 0.6 is 0 Å². The third-order valence-corrected chi connectivity index (χ3v) is 6.77. The first-order chi connectivity index (χ1) is 16.8. The van der Waals surface area contributed by atoms with E-state index in [-0.39, 0.29) is 29.6 Å². The lowest BCUT2D eigenvalue weighted by atomic mass is 10.0. The van der Waals surface area contributed by atoms with Crippen LogP contribution < -0.4 is 32.7 Å². The Kier molecular flexibility index (Phi) is 7.49.